The van der Waals surface area contributed by atoms with Crippen molar-refractivity contribution in [3.05, 3.63) is 0 Å². The predicted octanol–water partition coefficient (Wildman–Crippen LogP) is 3.91. The Kier molecular flexibility index (Phi) is 8.72. The maximum atomic E-state index is 3.61. The Morgan fingerprint density at radius 1 is 1.26 bits per heavy atom. The highest BCUT2D eigenvalue weighted by molar-refractivity contribution is 4.77. The topological polar surface area (TPSA) is 15.3 Å². The molecule has 0 aromatic heterocycles. The minimum atomic E-state index is 0.628. The van der Waals surface area contributed by atoms with Gasteiger partial charge in [0.15, 0.2) is 0 Å². The van der Waals surface area contributed by atoms with Gasteiger partial charge in [-0.15, -0.1) is 0 Å². The molecule has 1 heterocycles. The average Bonchev–Trinajstić information content (AvgIpc) is 2.41. The lowest BCUT2D eigenvalue weighted by Crippen LogP contribution is -2.42. The molecule has 0 amide bonds. The SMILES string of the molecule is CCCCC(CC)CN1CCCC(CNC(C)C)C1. The smallest absolute Gasteiger partial charge is 0.00219 e. The third-order valence-electron chi connectivity index (χ3n) is 4.48. The monoisotopic (exact) mass is 268 g/mol. The van der Waals surface area contributed by atoms with Crippen LogP contribution in [0.15, 0.2) is 0 Å². The average molecular weight is 268 g/mol. The number of likely N-dealkylation sites (tertiary alicyclic amines) is 1. The van der Waals surface area contributed by atoms with Crippen molar-refractivity contribution in [3.8, 4) is 0 Å². The minimum Gasteiger partial charge on any atom is -0.314 e. The lowest BCUT2D eigenvalue weighted by molar-refractivity contribution is 0.143. The van der Waals surface area contributed by atoms with Crippen LogP contribution in [0.4, 0.5) is 0 Å². The molecule has 19 heavy (non-hydrogen) atoms. The number of nitrogens with one attached hydrogen (secondary N) is 1. The molecule has 0 aromatic rings. The van der Waals surface area contributed by atoms with E-state index in [1.807, 2.05) is 0 Å². The quantitative estimate of drug-likeness (QED) is 0.682. The lowest BCUT2D eigenvalue weighted by Gasteiger charge is -2.35. The van der Waals surface area contributed by atoms with Gasteiger partial charge in [-0.3, -0.25) is 0 Å². The molecule has 1 rings (SSSR count). The second kappa shape index (κ2) is 9.77. The van der Waals surface area contributed by atoms with E-state index in [1.165, 1.54) is 64.7 Å². The van der Waals surface area contributed by atoms with E-state index in [0.717, 1.165) is 11.8 Å². The first-order valence-corrected chi connectivity index (χ1v) is 8.61. The van der Waals surface area contributed by atoms with Crippen LogP contribution in [0, 0.1) is 11.8 Å². The molecule has 2 nitrogen and oxygen atoms in total. The summed E-state index contributed by atoms with van der Waals surface area (Å²) in [4.78, 5) is 2.74. The van der Waals surface area contributed by atoms with Gasteiger partial charge >= 0.3 is 0 Å². The van der Waals surface area contributed by atoms with Crippen LogP contribution in [-0.4, -0.2) is 37.1 Å². The van der Waals surface area contributed by atoms with Crippen LogP contribution in [0.25, 0.3) is 0 Å². The van der Waals surface area contributed by atoms with E-state index in [0.29, 0.717) is 6.04 Å². The van der Waals surface area contributed by atoms with Gasteiger partial charge in [0.1, 0.15) is 0 Å². The Balaban J connectivity index is 2.28. The largest absolute Gasteiger partial charge is 0.314 e. The second-order valence-electron chi connectivity index (χ2n) is 6.75. The number of unbranched alkanes of at least 4 members (excludes halogenated alkanes) is 1. The molecule has 0 saturated carbocycles. The fourth-order valence-electron chi connectivity index (χ4n) is 3.17. The van der Waals surface area contributed by atoms with Crippen molar-refractivity contribution in [2.75, 3.05) is 26.2 Å². The van der Waals surface area contributed by atoms with Crippen molar-refractivity contribution in [2.24, 2.45) is 11.8 Å². The normalized spacial score (nSPS) is 22.9. The number of hydrogen-bond acceptors (Lipinski definition) is 2. The molecule has 1 fully saturated rings. The van der Waals surface area contributed by atoms with E-state index in [-0.39, 0.29) is 0 Å². The highest BCUT2D eigenvalue weighted by Crippen LogP contribution is 2.20. The summed E-state index contributed by atoms with van der Waals surface area (Å²) in [6.45, 7) is 14.4. The van der Waals surface area contributed by atoms with E-state index in [2.05, 4.69) is 37.9 Å². The predicted molar refractivity (Wildman–Crippen MR) is 85.6 cm³/mol. The third kappa shape index (κ3) is 7.31. The van der Waals surface area contributed by atoms with Gasteiger partial charge in [0.05, 0.1) is 0 Å². The Bertz CT molecular complexity index is 215. The molecule has 1 aliphatic heterocycles. The Morgan fingerprint density at radius 3 is 2.68 bits per heavy atom. The number of nitrogens with zero attached hydrogens (tertiary/aromatic N) is 1. The summed E-state index contributed by atoms with van der Waals surface area (Å²) >= 11 is 0. The minimum absolute atomic E-state index is 0.628. The third-order valence-corrected chi connectivity index (χ3v) is 4.48. The summed E-state index contributed by atoms with van der Waals surface area (Å²) in [5.41, 5.74) is 0. The van der Waals surface area contributed by atoms with Gasteiger partial charge in [0.25, 0.3) is 0 Å². The van der Waals surface area contributed by atoms with Crippen LogP contribution in [0.2, 0.25) is 0 Å². The zero-order valence-electron chi connectivity index (χ0n) is 13.8. The number of hydrogen-bond donors (Lipinski definition) is 1. The van der Waals surface area contributed by atoms with Crippen LogP contribution < -0.4 is 5.32 Å². The fourth-order valence-corrected chi connectivity index (χ4v) is 3.17. The molecule has 2 unspecified atom stereocenters. The van der Waals surface area contributed by atoms with Gasteiger partial charge in [-0.25, -0.2) is 0 Å². The number of rotatable bonds is 9. The molecule has 1 saturated heterocycles. The molecule has 0 aromatic carbocycles. The van der Waals surface area contributed by atoms with E-state index < -0.39 is 0 Å². The van der Waals surface area contributed by atoms with Crippen molar-refractivity contribution in [1.82, 2.24) is 10.2 Å². The zero-order valence-corrected chi connectivity index (χ0v) is 13.8. The van der Waals surface area contributed by atoms with Gasteiger partial charge in [0.2, 0.25) is 0 Å². The van der Waals surface area contributed by atoms with Crippen molar-refractivity contribution in [2.45, 2.75) is 72.3 Å². The van der Waals surface area contributed by atoms with E-state index >= 15 is 0 Å². The van der Waals surface area contributed by atoms with Gasteiger partial charge in [0, 0.05) is 19.1 Å². The highest BCUT2D eigenvalue weighted by Gasteiger charge is 2.21. The Morgan fingerprint density at radius 2 is 2.05 bits per heavy atom. The zero-order chi connectivity index (χ0) is 14.1. The Hall–Kier alpha value is -0.0800. The molecule has 1 N–H and O–H groups in total. The van der Waals surface area contributed by atoms with Crippen molar-refractivity contribution >= 4 is 0 Å². The van der Waals surface area contributed by atoms with Crippen LogP contribution in [0.1, 0.15) is 66.2 Å². The van der Waals surface area contributed by atoms with Gasteiger partial charge in [-0.05, 0) is 44.2 Å². The first-order chi connectivity index (χ1) is 9.15. The Labute approximate surface area is 121 Å². The summed E-state index contributed by atoms with van der Waals surface area (Å²) in [6, 6.07) is 0.628. The van der Waals surface area contributed by atoms with Gasteiger partial charge in [-0.2, -0.15) is 0 Å². The molecule has 0 spiro atoms. The molecule has 114 valence electrons. The van der Waals surface area contributed by atoms with E-state index in [9.17, 15) is 0 Å². The van der Waals surface area contributed by atoms with Crippen molar-refractivity contribution in [1.29, 1.82) is 0 Å². The van der Waals surface area contributed by atoms with E-state index in [1.54, 1.807) is 0 Å². The molecule has 2 heteroatoms. The van der Waals surface area contributed by atoms with E-state index in [4.69, 9.17) is 0 Å². The van der Waals surface area contributed by atoms with Gasteiger partial charge in [-0.1, -0.05) is 47.0 Å². The number of piperidine rings is 1. The van der Waals surface area contributed by atoms with Crippen molar-refractivity contribution < 1.29 is 0 Å². The first-order valence-electron chi connectivity index (χ1n) is 8.61. The maximum Gasteiger partial charge on any atom is 0.00219 e. The standard InChI is InChI=1S/C17H36N2/c1-5-7-9-16(6-2)13-19-11-8-10-17(14-19)12-18-15(3)4/h15-18H,5-14H2,1-4H3. The van der Waals surface area contributed by atoms with Crippen LogP contribution >= 0.6 is 0 Å². The second-order valence-corrected chi connectivity index (χ2v) is 6.75. The molecule has 0 aliphatic carbocycles. The lowest BCUT2D eigenvalue weighted by atomic mass is 9.94. The molecule has 0 radical (unpaired) electrons. The molecular formula is C17H36N2. The van der Waals surface area contributed by atoms with Crippen LogP contribution in [0.3, 0.4) is 0 Å². The first kappa shape index (κ1) is 17.0. The van der Waals surface area contributed by atoms with Crippen LogP contribution in [0.5, 0.6) is 0 Å². The molecule has 1 aliphatic rings. The molecular weight excluding hydrogens is 232 g/mol. The summed E-state index contributed by atoms with van der Waals surface area (Å²) in [7, 11) is 0. The summed E-state index contributed by atoms with van der Waals surface area (Å²) < 4.78 is 0. The molecule has 0 bridgehead atoms. The summed E-state index contributed by atoms with van der Waals surface area (Å²) in [5, 5.41) is 3.61. The van der Waals surface area contributed by atoms with Crippen LogP contribution in [-0.2, 0) is 0 Å². The van der Waals surface area contributed by atoms with Gasteiger partial charge < -0.3 is 10.2 Å². The summed E-state index contributed by atoms with van der Waals surface area (Å²) in [6.07, 6.45) is 8.35. The highest BCUT2D eigenvalue weighted by atomic mass is 15.1. The molecule has 2 atom stereocenters. The fraction of sp³-hybridized carbons (Fsp3) is 1.00. The summed E-state index contributed by atoms with van der Waals surface area (Å²) in [5.74, 6) is 1.80. The van der Waals surface area contributed by atoms with Crippen molar-refractivity contribution in [3.63, 3.8) is 0 Å². The maximum absolute atomic E-state index is 3.61.